The zero-order valence-corrected chi connectivity index (χ0v) is 12.0. The van der Waals surface area contributed by atoms with E-state index >= 15 is 0 Å². The molecule has 0 radical (unpaired) electrons. The standard InChI is InChI=1S/C12H10BrClN4O/c13-11-8(14)2-1-3-9(11)17-12(19)7-4-5-16-6-10(7)18-15/h1-6,18H,15H2,(H,17,19). The minimum atomic E-state index is -0.307. The summed E-state index contributed by atoms with van der Waals surface area (Å²) in [5, 5.41) is 3.27. The number of hydrazine groups is 1. The number of carbonyl (C=O) groups is 1. The number of nitrogens with two attached hydrogens (primary N) is 1. The molecule has 2 rings (SSSR count). The fraction of sp³-hybridized carbons (Fsp3) is 0. The maximum absolute atomic E-state index is 12.2. The summed E-state index contributed by atoms with van der Waals surface area (Å²) in [4.78, 5) is 16.0. The molecule has 0 bridgehead atoms. The molecule has 2 aromatic rings. The van der Waals surface area contributed by atoms with E-state index in [-0.39, 0.29) is 5.91 Å². The molecule has 0 aliphatic heterocycles. The van der Waals surface area contributed by atoms with Gasteiger partial charge in [0.1, 0.15) is 0 Å². The number of hydrogen-bond acceptors (Lipinski definition) is 4. The molecule has 0 aliphatic carbocycles. The molecule has 5 nitrogen and oxygen atoms in total. The Kier molecular flexibility index (Phi) is 4.36. The van der Waals surface area contributed by atoms with Gasteiger partial charge in [-0.2, -0.15) is 0 Å². The van der Waals surface area contributed by atoms with Gasteiger partial charge in [-0.15, -0.1) is 0 Å². The normalized spacial score (nSPS) is 10.1. The third kappa shape index (κ3) is 3.04. The Bertz CT molecular complexity index is 620. The summed E-state index contributed by atoms with van der Waals surface area (Å²) in [6.07, 6.45) is 2.99. The predicted molar refractivity (Wildman–Crippen MR) is 79.2 cm³/mol. The molecule has 0 spiro atoms. The topological polar surface area (TPSA) is 80.0 Å². The van der Waals surface area contributed by atoms with E-state index in [9.17, 15) is 4.79 Å². The number of carbonyl (C=O) groups excluding carboxylic acids is 1. The maximum Gasteiger partial charge on any atom is 0.257 e. The van der Waals surface area contributed by atoms with Crippen molar-refractivity contribution in [3.63, 3.8) is 0 Å². The van der Waals surface area contributed by atoms with Crippen LogP contribution in [0.2, 0.25) is 5.02 Å². The summed E-state index contributed by atoms with van der Waals surface area (Å²) in [6.45, 7) is 0. The molecular weight excluding hydrogens is 332 g/mol. The van der Waals surface area contributed by atoms with Crippen LogP contribution in [0, 0.1) is 0 Å². The number of aromatic nitrogens is 1. The van der Waals surface area contributed by atoms with Crippen molar-refractivity contribution in [1.29, 1.82) is 0 Å². The van der Waals surface area contributed by atoms with Crippen LogP contribution in [0.3, 0.4) is 0 Å². The van der Waals surface area contributed by atoms with Gasteiger partial charge < -0.3 is 10.7 Å². The van der Waals surface area contributed by atoms with E-state index in [4.69, 9.17) is 17.4 Å². The molecule has 1 heterocycles. The molecule has 1 amide bonds. The monoisotopic (exact) mass is 340 g/mol. The number of nitrogen functional groups attached to an aromatic ring is 1. The van der Waals surface area contributed by atoms with Gasteiger partial charge in [-0.05, 0) is 34.1 Å². The van der Waals surface area contributed by atoms with Crippen molar-refractivity contribution >= 4 is 44.8 Å². The van der Waals surface area contributed by atoms with Gasteiger partial charge >= 0.3 is 0 Å². The fourth-order valence-corrected chi connectivity index (χ4v) is 2.04. The highest BCUT2D eigenvalue weighted by molar-refractivity contribution is 9.10. The van der Waals surface area contributed by atoms with Crippen molar-refractivity contribution in [1.82, 2.24) is 4.98 Å². The van der Waals surface area contributed by atoms with Crippen LogP contribution in [0.15, 0.2) is 41.1 Å². The maximum atomic E-state index is 12.2. The third-order valence-electron chi connectivity index (χ3n) is 2.42. The molecule has 1 aromatic heterocycles. The fourth-order valence-electron chi connectivity index (χ4n) is 1.50. The van der Waals surface area contributed by atoms with Crippen LogP contribution in [0.4, 0.5) is 11.4 Å². The van der Waals surface area contributed by atoms with Gasteiger partial charge in [-0.25, -0.2) is 0 Å². The molecule has 0 unspecified atom stereocenters. The van der Waals surface area contributed by atoms with Gasteiger partial charge in [0.05, 0.1) is 32.6 Å². The first-order valence-electron chi connectivity index (χ1n) is 5.29. The lowest BCUT2D eigenvalue weighted by Gasteiger charge is -2.10. The number of benzene rings is 1. The van der Waals surface area contributed by atoms with Gasteiger partial charge in [0.25, 0.3) is 5.91 Å². The van der Waals surface area contributed by atoms with Gasteiger partial charge in [-0.3, -0.25) is 15.6 Å². The molecular formula is C12H10BrClN4O. The second-order valence-corrected chi connectivity index (χ2v) is 4.82. The molecule has 0 atom stereocenters. The summed E-state index contributed by atoms with van der Waals surface area (Å²) in [5.74, 6) is 5.03. The smallest absolute Gasteiger partial charge is 0.257 e. The van der Waals surface area contributed by atoms with Gasteiger partial charge in [-0.1, -0.05) is 17.7 Å². The van der Waals surface area contributed by atoms with Gasteiger partial charge in [0, 0.05) is 6.20 Å². The SMILES string of the molecule is NNc1cnccc1C(=O)Nc1cccc(Cl)c1Br. The molecule has 1 aromatic carbocycles. The lowest BCUT2D eigenvalue weighted by atomic mass is 10.2. The number of rotatable bonds is 3. The molecule has 4 N–H and O–H groups in total. The quantitative estimate of drug-likeness (QED) is 0.592. The molecule has 7 heteroatoms. The molecule has 0 saturated carbocycles. The summed E-state index contributed by atoms with van der Waals surface area (Å²) in [7, 11) is 0. The minimum Gasteiger partial charge on any atom is -0.322 e. The largest absolute Gasteiger partial charge is 0.322 e. The average molecular weight is 342 g/mol. The van der Waals surface area contributed by atoms with Gasteiger partial charge in [0.2, 0.25) is 0 Å². The Balaban J connectivity index is 2.28. The lowest BCUT2D eigenvalue weighted by Crippen LogP contribution is -2.17. The van der Waals surface area contributed by atoms with E-state index in [0.717, 1.165) is 0 Å². The second-order valence-electron chi connectivity index (χ2n) is 3.62. The van der Waals surface area contributed by atoms with Crippen LogP contribution < -0.4 is 16.6 Å². The van der Waals surface area contributed by atoms with Crippen LogP contribution >= 0.6 is 27.5 Å². The van der Waals surface area contributed by atoms with E-state index < -0.39 is 0 Å². The van der Waals surface area contributed by atoms with E-state index in [1.165, 1.54) is 12.4 Å². The minimum absolute atomic E-state index is 0.307. The molecule has 19 heavy (non-hydrogen) atoms. The number of amides is 1. The van der Waals surface area contributed by atoms with Crippen molar-refractivity contribution in [2.45, 2.75) is 0 Å². The van der Waals surface area contributed by atoms with Crippen molar-refractivity contribution in [3.05, 3.63) is 51.7 Å². The summed E-state index contributed by atoms with van der Waals surface area (Å²) < 4.78 is 0.626. The van der Waals surface area contributed by atoms with Crippen LogP contribution in [0.5, 0.6) is 0 Å². The first kappa shape index (κ1) is 13.8. The zero-order valence-electron chi connectivity index (χ0n) is 9.65. The van der Waals surface area contributed by atoms with Gasteiger partial charge in [0.15, 0.2) is 0 Å². The Morgan fingerprint density at radius 3 is 2.84 bits per heavy atom. The Morgan fingerprint density at radius 2 is 2.11 bits per heavy atom. The zero-order chi connectivity index (χ0) is 13.8. The number of pyridine rings is 1. The van der Waals surface area contributed by atoms with Crippen molar-refractivity contribution in [2.24, 2.45) is 5.84 Å². The second kappa shape index (κ2) is 6.01. The summed E-state index contributed by atoms with van der Waals surface area (Å²) in [5.41, 5.74) is 3.84. The molecule has 0 aliphatic rings. The first-order valence-corrected chi connectivity index (χ1v) is 6.46. The molecule has 0 saturated heterocycles. The van der Waals surface area contributed by atoms with Crippen LogP contribution in [-0.2, 0) is 0 Å². The predicted octanol–water partition coefficient (Wildman–Crippen LogP) is 3.04. The first-order chi connectivity index (χ1) is 9.13. The van der Waals surface area contributed by atoms with Crippen molar-refractivity contribution in [3.8, 4) is 0 Å². The van der Waals surface area contributed by atoms with Crippen molar-refractivity contribution in [2.75, 3.05) is 10.7 Å². The van der Waals surface area contributed by atoms with Crippen LogP contribution in [0.25, 0.3) is 0 Å². The number of halogens is 2. The highest BCUT2D eigenvalue weighted by Crippen LogP contribution is 2.30. The Morgan fingerprint density at radius 1 is 1.32 bits per heavy atom. The van der Waals surface area contributed by atoms with E-state index in [1.54, 1.807) is 24.3 Å². The Labute approximate surface area is 123 Å². The van der Waals surface area contributed by atoms with E-state index in [0.29, 0.717) is 26.4 Å². The molecule has 98 valence electrons. The third-order valence-corrected chi connectivity index (χ3v) is 3.82. The van der Waals surface area contributed by atoms with E-state index in [2.05, 4.69) is 31.7 Å². The van der Waals surface area contributed by atoms with E-state index in [1.807, 2.05) is 0 Å². The highest BCUT2D eigenvalue weighted by Gasteiger charge is 2.13. The number of hydrogen-bond donors (Lipinski definition) is 3. The summed E-state index contributed by atoms with van der Waals surface area (Å²) >= 11 is 9.28. The number of nitrogens with zero attached hydrogens (tertiary/aromatic N) is 1. The van der Waals surface area contributed by atoms with Crippen molar-refractivity contribution < 1.29 is 4.79 Å². The number of anilines is 2. The number of nitrogens with one attached hydrogen (secondary N) is 2. The van der Waals surface area contributed by atoms with Crippen LogP contribution in [0.1, 0.15) is 10.4 Å². The van der Waals surface area contributed by atoms with Crippen LogP contribution in [-0.4, -0.2) is 10.9 Å². The highest BCUT2D eigenvalue weighted by atomic mass is 79.9. The Hall–Kier alpha value is -1.63. The summed E-state index contributed by atoms with van der Waals surface area (Å²) in [6, 6.07) is 6.78. The molecule has 0 fully saturated rings. The lowest BCUT2D eigenvalue weighted by molar-refractivity contribution is 0.102. The average Bonchev–Trinajstić information content (AvgIpc) is 2.43.